The number of hydrogen-bond acceptors (Lipinski definition) is 8. The molecule has 1 aliphatic carbocycles. The van der Waals surface area contributed by atoms with Gasteiger partial charge in [0, 0.05) is 51.5 Å². The summed E-state index contributed by atoms with van der Waals surface area (Å²) < 4.78 is 11.4. The van der Waals surface area contributed by atoms with Gasteiger partial charge in [0.15, 0.2) is 0 Å². The summed E-state index contributed by atoms with van der Waals surface area (Å²) in [5, 5.41) is 3.93. The molecule has 0 saturated carbocycles. The van der Waals surface area contributed by atoms with Gasteiger partial charge in [-0.2, -0.15) is 9.97 Å². The number of methoxy groups -OCH3 is 1. The third-order valence-corrected chi connectivity index (χ3v) is 7.08. The minimum atomic E-state index is 0.249. The van der Waals surface area contributed by atoms with Crippen molar-refractivity contribution in [2.75, 3.05) is 63.2 Å². The Morgan fingerprint density at radius 2 is 1.97 bits per heavy atom. The van der Waals surface area contributed by atoms with Crippen LogP contribution in [0.3, 0.4) is 0 Å². The number of allylic oxidation sites excluding steroid dienone is 2. The Morgan fingerprint density at radius 1 is 1.14 bits per heavy atom. The van der Waals surface area contributed by atoms with Gasteiger partial charge in [0.25, 0.3) is 0 Å². The molecular weight excluding hydrogens is 488 g/mol. The van der Waals surface area contributed by atoms with E-state index in [1.54, 1.807) is 7.11 Å². The van der Waals surface area contributed by atoms with Crippen LogP contribution in [0.25, 0.3) is 6.08 Å². The molecular formula is C28H33ClN6O2. The highest BCUT2D eigenvalue weighted by Gasteiger charge is 2.22. The van der Waals surface area contributed by atoms with Crippen LogP contribution in [0.5, 0.6) is 11.8 Å². The zero-order chi connectivity index (χ0) is 25.8. The minimum absolute atomic E-state index is 0.249. The van der Waals surface area contributed by atoms with E-state index in [0.717, 1.165) is 68.5 Å². The molecule has 5 rings (SSSR count). The fraction of sp³-hybridized carbons (Fsp3) is 0.393. The number of anilines is 2. The summed E-state index contributed by atoms with van der Waals surface area (Å²) in [7, 11) is 1.74. The van der Waals surface area contributed by atoms with E-state index in [9.17, 15) is 0 Å². The molecule has 2 aromatic rings. The van der Waals surface area contributed by atoms with Crippen LogP contribution in [0.4, 0.5) is 11.6 Å². The number of halogens is 1. The van der Waals surface area contributed by atoms with E-state index >= 15 is 0 Å². The van der Waals surface area contributed by atoms with Crippen LogP contribution >= 0.6 is 11.6 Å². The molecule has 1 N–H and O–H groups in total. The van der Waals surface area contributed by atoms with Gasteiger partial charge in [0.2, 0.25) is 0 Å². The zero-order valence-corrected chi connectivity index (χ0v) is 22.4. The minimum Gasteiger partial charge on any atom is -0.423 e. The fourth-order valence-electron chi connectivity index (χ4n) is 4.77. The summed E-state index contributed by atoms with van der Waals surface area (Å²) >= 11 is 6.74. The van der Waals surface area contributed by atoms with Crippen molar-refractivity contribution in [3.8, 4) is 11.8 Å². The predicted octanol–water partition coefficient (Wildman–Crippen LogP) is 4.98. The first-order valence-corrected chi connectivity index (χ1v) is 13.1. The van der Waals surface area contributed by atoms with Crippen molar-refractivity contribution in [3.05, 3.63) is 63.7 Å². The molecule has 0 atom stereocenters. The lowest BCUT2D eigenvalue weighted by molar-refractivity contribution is 0.144. The number of nitrogens with one attached hydrogen (secondary N) is 1. The van der Waals surface area contributed by atoms with Gasteiger partial charge in [0.05, 0.1) is 18.2 Å². The number of fused-ring (bicyclic) bond motifs is 1. The monoisotopic (exact) mass is 520 g/mol. The van der Waals surface area contributed by atoms with Crippen molar-refractivity contribution in [2.24, 2.45) is 4.99 Å². The molecule has 37 heavy (non-hydrogen) atoms. The summed E-state index contributed by atoms with van der Waals surface area (Å²) in [6.45, 7) is 10.0. The van der Waals surface area contributed by atoms with E-state index in [-0.39, 0.29) is 6.01 Å². The largest absolute Gasteiger partial charge is 0.423 e. The first kappa shape index (κ1) is 25.4. The van der Waals surface area contributed by atoms with Gasteiger partial charge in [-0.3, -0.25) is 9.89 Å². The van der Waals surface area contributed by atoms with Crippen LogP contribution in [0.15, 0.2) is 52.6 Å². The third kappa shape index (κ3) is 6.04. The number of hydrogen-bond donors (Lipinski definition) is 1. The molecule has 0 bridgehead atoms. The van der Waals surface area contributed by atoms with Crippen LogP contribution < -0.4 is 15.0 Å². The molecule has 3 heterocycles. The van der Waals surface area contributed by atoms with Gasteiger partial charge in [-0.15, -0.1) is 0 Å². The molecule has 1 fully saturated rings. The average molecular weight is 521 g/mol. The molecule has 0 unspecified atom stereocenters. The second-order valence-corrected chi connectivity index (χ2v) is 9.86. The Hall–Kier alpha value is -3.20. The van der Waals surface area contributed by atoms with E-state index in [2.05, 4.69) is 50.2 Å². The second kappa shape index (κ2) is 11.5. The number of rotatable bonds is 8. The van der Waals surface area contributed by atoms with Gasteiger partial charge in [-0.05, 0) is 43.5 Å². The molecule has 1 saturated heterocycles. The van der Waals surface area contributed by atoms with E-state index < -0.39 is 0 Å². The van der Waals surface area contributed by atoms with Crippen molar-refractivity contribution in [1.82, 2.24) is 14.9 Å². The third-order valence-electron chi connectivity index (χ3n) is 6.69. The number of benzene rings is 1. The quantitative estimate of drug-likeness (QED) is 0.526. The highest BCUT2D eigenvalue weighted by atomic mass is 35.5. The van der Waals surface area contributed by atoms with Gasteiger partial charge in [-0.1, -0.05) is 41.5 Å². The van der Waals surface area contributed by atoms with Crippen molar-refractivity contribution in [3.63, 3.8) is 0 Å². The van der Waals surface area contributed by atoms with E-state index in [1.807, 2.05) is 31.2 Å². The van der Waals surface area contributed by atoms with Crippen LogP contribution in [0.2, 0.25) is 5.02 Å². The summed E-state index contributed by atoms with van der Waals surface area (Å²) in [5.74, 6) is 2.76. The SMILES string of the molecule is C/C=C/C1=CC(Nc2cc(N3CCN(CCOC)CC3)nc(Oc3ccc4c(c3Cl)C=C(C)C4)n2)=NC1. The fourth-order valence-corrected chi connectivity index (χ4v) is 5.05. The number of nitrogens with zero attached hydrogens (tertiary/aromatic N) is 5. The number of piperazine rings is 1. The molecule has 8 nitrogen and oxygen atoms in total. The lowest BCUT2D eigenvalue weighted by atomic mass is 10.1. The van der Waals surface area contributed by atoms with Crippen molar-refractivity contribution >= 4 is 35.1 Å². The Kier molecular flexibility index (Phi) is 7.88. The Bertz CT molecular complexity index is 1280. The first-order chi connectivity index (χ1) is 18.0. The van der Waals surface area contributed by atoms with E-state index in [0.29, 0.717) is 23.1 Å². The van der Waals surface area contributed by atoms with Crippen molar-refractivity contribution in [2.45, 2.75) is 20.3 Å². The maximum absolute atomic E-state index is 6.74. The van der Waals surface area contributed by atoms with Crippen LogP contribution in [0, 0.1) is 0 Å². The molecule has 9 heteroatoms. The standard InChI is InChI=1S/C28H33ClN6O2/c1-4-5-20-16-24(30-18-20)31-25-17-26(35-10-8-34(9-11-35)12-13-36-3)33-28(32-25)37-23-7-6-21-14-19(2)15-22(21)27(23)29/h4-7,15-17H,8-14,18H2,1-3H3,(H,30,31,32,33)/b5-4+. The highest BCUT2D eigenvalue weighted by molar-refractivity contribution is 6.33. The topological polar surface area (TPSA) is 75.1 Å². The van der Waals surface area contributed by atoms with E-state index in [4.69, 9.17) is 26.1 Å². The first-order valence-electron chi connectivity index (χ1n) is 12.7. The van der Waals surface area contributed by atoms with E-state index in [1.165, 1.54) is 11.1 Å². The van der Waals surface area contributed by atoms with Gasteiger partial charge >= 0.3 is 6.01 Å². The Labute approximate surface area is 223 Å². The predicted molar refractivity (Wildman–Crippen MR) is 150 cm³/mol. The molecule has 0 radical (unpaired) electrons. The lowest BCUT2D eigenvalue weighted by Gasteiger charge is -2.35. The maximum Gasteiger partial charge on any atom is 0.325 e. The zero-order valence-electron chi connectivity index (χ0n) is 21.6. The van der Waals surface area contributed by atoms with Gasteiger partial charge in [-0.25, -0.2) is 0 Å². The Balaban J connectivity index is 1.40. The van der Waals surface area contributed by atoms with Crippen molar-refractivity contribution < 1.29 is 9.47 Å². The van der Waals surface area contributed by atoms with Crippen LogP contribution in [-0.4, -0.2) is 73.7 Å². The maximum atomic E-state index is 6.74. The smallest absolute Gasteiger partial charge is 0.325 e. The number of aromatic nitrogens is 2. The summed E-state index contributed by atoms with van der Waals surface area (Å²) in [6, 6.07) is 6.17. The van der Waals surface area contributed by atoms with Crippen LogP contribution in [-0.2, 0) is 11.2 Å². The second-order valence-electron chi connectivity index (χ2n) is 9.48. The average Bonchev–Trinajstić information content (AvgIpc) is 3.50. The normalized spacial score (nSPS) is 17.6. The summed E-state index contributed by atoms with van der Waals surface area (Å²) in [6.07, 6.45) is 9.14. The highest BCUT2D eigenvalue weighted by Crippen LogP contribution is 2.38. The summed E-state index contributed by atoms with van der Waals surface area (Å²) in [5.41, 5.74) is 4.66. The number of amidine groups is 1. The lowest BCUT2D eigenvalue weighted by Crippen LogP contribution is -2.47. The number of aliphatic imine (C=N–C) groups is 1. The molecule has 3 aliphatic rings. The van der Waals surface area contributed by atoms with Gasteiger partial charge in [0.1, 0.15) is 23.2 Å². The van der Waals surface area contributed by atoms with Crippen LogP contribution in [0.1, 0.15) is 25.0 Å². The Morgan fingerprint density at radius 3 is 2.76 bits per heavy atom. The molecule has 194 valence electrons. The molecule has 0 spiro atoms. The molecule has 1 aromatic carbocycles. The van der Waals surface area contributed by atoms with Gasteiger partial charge < -0.3 is 19.7 Å². The molecule has 0 amide bonds. The number of ether oxygens (including phenoxy) is 2. The molecule has 2 aliphatic heterocycles. The van der Waals surface area contributed by atoms with Crippen molar-refractivity contribution in [1.29, 1.82) is 0 Å². The molecule has 1 aromatic heterocycles. The summed E-state index contributed by atoms with van der Waals surface area (Å²) in [4.78, 5) is 18.7.